The van der Waals surface area contributed by atoms with Crippen molar-refractivity contribution in [2.24, 2.45) is 22.6 Å². The summed E-state index contributed by atoms with van der Waals surface area (Å²) in [6.07, 6.45) is 3.61. The maximum absolute atomic E-state index is 5.79. The average Bonchev–Trinajstić information content (AvgIpc) is 2.74. The molecule has 1 aromatic rings. The molecule has 1 aliphatic carbocycles. The number of hydrazine groups is 1. The Kier molecular flexibility index (Phi) is 3.58. The molecule has 2 rings (SSSR count). The molecule has 1 atom stereocenters. The second-order valence-corrected chi connectivity index (χ2v) is 6.45. The summed E-state index contributed by atoms with van der Waals surface area (Å²) in [5.41, 5.74) is 4.60. The molecule has 19 heavy (non-hydrogen) atoms. The first-order valence-electron chi connectivity index (χ1n) is 6.90. The van der Waals surface area contributed by atoms with Gasteiger partial charge in [-0.2, -0.15) is 0 Å². The second-order valence-electron chi connectivity index (χ2n) is 6.45. The largest absolute Gasteiger partial charge is 0.492 e. The molecule has 0 saturated heterocycles. The third kappa shape index (κ3) is 2.23. The molecular weight excluding hydrogens is 238 g/mol. The van der Waals surface area contributed by atoms with Crippen LogP contribution in [0.15, 0.2) is 18.5 Å². The van der Waals surface area contributed by atoms with E-state index in [1.54, 1.807) is 6.20 Å². The molecule has 4 heteroatoms. The van der Waals surface area contributed by atoms with Crippen LogP contribution in [0.25, 0.3) is 0 Å². The van der Waals surface area contributed by atoms with E-state index in [4.69, 9.17) is 10.6 Å². The normalized spacial score (nSPS) is 22.0. The van der Waals surface area contributed by atoms with Crippen molar-refractivity contribution in [3.05, 3.63) is 24.0 Å². The Morgan fingerprint density at radius 2 is 1.95 bits per heavy atom. The summed E-state index contributed by atoms with van der Waals surface area (Å²) in [6, 6.07) is 2.14. The minimum Gasteiger partial charge on any atom is -0.492 e. The molecule has 0 bridgehead atoms. The van der Waals surface area contributed by atoms with Crippen LogP contribution in [0.1, 0.15) is 46.2 Å². The van der Waals surface area contributed by atoms with Gasteiger partial charge in [-0.05, 0) is 35.3 Å². The minimum atomic E-state index is 0.109. The predicted molar refractivity (Wildman–Crippen MR) is 76.5 cm³/mol. The lowest BCUT2D eigenvalue weighted by molar-refractivity contribution is 0.336. The van der Waals surface area contributed by atoms with E-state index in [9.17, 15) is 0 Å². The van der Waals surface area contributed by atoms with Crippen LogP contribution in [0.2, 0.25) is 0 Å². The summed E-state index contributed by atoms with van der Waals surface area (Å²) >= 11 is 0. The fourth-order valence-electron chi connectivity index (χ4n) is 3.32. The Morgan fingerprint density at radius 3 is 2.42 bits per heavy atom. The molecule has 106 valence electrons. The van der Waals surface area contributed by atoms with E-state index in [2.05, 4.69) is 38.1 Å². The number of nitrogens with zero attached hydrogens (tertiary/aromatic N) is 1. The first-order valence-corrected chi connectivity index (χ1v) is 6.90. The molecular formula is C15H25N3O. The lowest BCUT2D eigenvalue weighted by Crippen LogP contribution is -2.31. The zero-order chi connectivity index (χ0) is 14.3. The van der Waals surface area contributed by atoms with Crippen LogP contribution >= 0.6 is 0 Å². The van der Waals surface area contributed by atoms with E-state index in [-0.39, 0.29) is 16.9 Å². The number of nitrogens with one attached hydrogen (secondary N) is 1. The minimum absolute atomic E-state index is 0.109. The van der Waals surface area contributed by atoms with Crippen LogP contribution in [0.4, 0.5) is 0 Å². The molecule has 0 aliphatic heterocycles. The second kappa shape index (κ2) is 4.76. The summed E-state index contributed by atoms with van der Waals surface area (Å²) in [5.74, 6) is 7.09. The van der Waals surface area contributed by atoms with Crippen LogP contribution in [0.3, 0.4) is 0 Å². The van der Waals surface area contributed by atoms with Gasteiger partial charge in [-0.3, -0.25) is 16.3 Å². The third-order valence-corrected chi connectivity index (χ3v) is 5.05. The van der Waals surface area contributed by atoms with Crippen molar-refractivity contribution in [1.82, 2.24) is 10.4 Å². The quantitative estimate of drug-likeness (QED) is 0.633. The molecule has 4 nitrogen and oxygen atoms in total. The highest BCUT2D eigenvalue weighted by atomic mass is 16.5. The topological polar surface area (TPSA) is 60.2 Å². The van der Waals surface area contributed by atoms with Gasteiger partial charge in [0.25, 0.3) is 0 Å². The van der Waals surface area contributed by atoms with Crippen molar-refractivity contribution in [2.45, 2.75) is 40.7 Å². The Morgan fingerprint density at radius 1 is 1.32 bits per heavy atom. The maximum Gasteiger partial charge on any atom is 0.137 e. The van der Waals surface area contributed by atoms with Gasteiger partial charge in [0.2, 0.25) is 0 Å². The summed E-state index contributed by atoms with van der Waals surface area (Å²) < 4.78 is 5.51. The van der Waals surface area contributed by atoms with Gasteiger partial charge in [-0.1, -0.05) is 27.7 Å². The van der Waals surface area contributed by atoms with Crippen LogP contribution in [0, 0.1) is 16.7 Å². The smallest absolute Gasteiger partial charge is 0.137 e. The number of aromatic nitrogens is 1. The molecule has 0 radical (unpaired) electrons. The van der Waals surface area contributed by atoms with E-state index < -0.39 is 0 Å². The third-order valence-electron chi connectivity index (χ3n) is 5.05. The fraction of sp³-hybridized carbons (Fsp3) is 0.667. The molecule has 1 unspecified atom stereocenters. The summed E-state index contributed by atoms with van der Waals surface area (Å²) in [4.78, 5) is 4.26. The van der Waals surface area contributed by atoms with Crippen LogP contribution in [0.5, 0.6) is 5.75 Å². The molecule has 0 amide bonds. The first kappa shape index (κ1) is 14.3. The predicted octanol–water partition coefficient (Wildman–Crippen LogP) is 2.67. The molecule has 1 aliphatic rings. The van der Waals surface area contributed by atoms with Crippen molar-refractivity contribution < 1.29 is 4.74 Å². The Bertz CT molecular complexity index is 442. The number of ether oxygens (including phenoxy) is 1. The van der Waals surface area contributed by atoms with E-state index in [1.807, 2.05) is 19.2 Å². The number of pyridine rings is 1. The highest BCUT2D eigenvalue weighted by Crippen LogP contribution is 2.72. The van der Waals surface area contributed by atoms with Gasteiger partial charge < -0.3 is 4.74 Å². The monoisotopic (exact) mass is 263 g/mol. The zero-order valence-electron chi connectivity index (χ0n) is 12.5. The molecule has 1 fully saturated rings. The van der Waals surface area contributed by atoms with Gasteiger partial charge in [0.15, 0.2) is 0 Å². The standard InChI is InChI=1S/C15H25N3O/c1-6-19-11-7-10(8-17-9-11)12(18-16)13-14(2,3)15(13,4)5/h7-9,12-13,18H,6,16H2,1-5H3. The number of rotatable bonds is 5. The van der Waals surface area contributed by atoms with E-state index in [1.165, 1.54) is 0 Å². The number of nitrogens with two attached hydrogens (primary N) is 1. The van der Waals surface area contributed by atoms with E-state index in [0.29, 0.717) is 12.5 Å². The molecule has 3 N–H and O–H groups in total. The molecule has 0 spiro atoms. The van der Waals surface area contributed by atoms with Crippen molar-refractivity contribution in [2.75, 3.05) is 6.61 Å². The Hall–Kier alpha value is -1.13. The van der Waals surface area contributed by atoms with Crippen LogP contribution < -0.4 is 16.0 Å². The Balaban J connectivity index is 2.26. The lowest BCUT2D eigenvalue weighted by atomic mass is 9.98. The number of hydrogen-bond acceptors (Lipinski definition) is 4. The molecule has 1 saturated carbocycles. The summed E-state index contributed by atoms with van der Waals surface area (Å²) in [6.45, 7) is 11.8. The van der Waals surface area contributed by atoms with Crippen molar-refractivity contribution in [3.63, 3.8) is 0 Å². The molecule has 1 heterocycles. The van der Waals surface area contributed by atoms with Crippen molar-refractivity contribution >= 4 is 0 Å². The van der Waals surface area contributed by atoms with E-state index in [0.717, 1.165) is 11.3 Å². The summed E-state index contributed by atoms with van der Waals surface area (Å²) in [5, 5.41) is 0. The van der Waals surface area contributed by atoms with Crippen LogP contribution in [-0.2, 0) is 0 Å². The van der Waals surface area contributed by atoms with Gasteiger partial charge in [-0.15, -0.1) is 0 Å². The van der Waals surface area contributed by atoms with Gasteiger partial charge in [0, 0.05) is 6.20 Å². The van der Waals surface area contributed by atoms with Crippen LogP contribution in [-0.4, -0.2) is 11.6 Å². The van der Waals surface area contributed by atoms with Gasteiger partial charge in [-0.25, -0.2) is 0 Å². The van der Waals surface area contributed by atoms with Gasteiger partial charge >= 0.3 is 0 Å². The van der Waals surface area contributed by atoms with Crippen molar-refractivity contribution in [3.8, 4) is 5.75 Å². The fourth-order valence-corrected chi connectivity index (χ4v) is 3.32. The SMILES string of the molecule is CCOc1cncc(C(NN)C2C(C)(C)C2(C)C)c1. The highest BCUT2D eigenvalue weighted by Gasteiger charge is 2.67. The zero-order valence-corrected chi connectivity index (χ0v) is 12.5. The lowest BCUT2D eigenvalue weighted by Gasteiger charge is -2.19. The first-order chi connectivity index (χ1) is 8.86. The Labute approximate surface area is 115 Å². The average molecular weight is 263 g/mol. The van der Waals surface area contributed by atoms with E-state index >= 15 is 0 Å². The maximum atomic E-state index is 5.79. The highest BCUT2D eigenvalue weighted by molar-refractivity contribution is 5.30. The molecule has 1 aromatic heterocycles. The summed E-state index contributed by atoms with van der Waals surface area (Å²) in [7, 11) is 0. The molecule has 0 aromatic carbocycles. The van der Waals surface area contributed by atoms with Gasteiger partial charge in [0.1, 0.15) is 5.75 Å². The van der Waals surface area contributed by atoms with Crippen molar-refractivity contribution in [1.29, 1.82) is 0 Å². The van der Waals surface area contributed by atoms with Gasteiger partial charge in [0.05, 0.1) is 18.8 Å². The number of hydrogen-bond donors (Lipinski definition) is 2.